The number of nitrogens with zero attached hydrogens (tertiary/aromatic N) is 2. The highest BCUT2D eigenvalue weighted by Gasteiger charge is 2.39. The number of aromatic amines is 1. The van der Waals surface area contributed by atoms with Crippen LogP contribution < -0.4 is 5.32 Å². The average molecular weight is 461 g/mol. The van der Waals surface area contributed by atoms with Crippen molar-refractivity contribution < 1.29 is 9.90 Å². The van der Waals surface area contributed by atoms with E-state index < -0.39 is 12.1 Å². The van der Waals surface area contributed by atoms with Crippen molar-refractivity contribution in [2.45, 2.75) is 44.4 Å². The zero-order chi connectivity index (χ0) is 22.2. The lowest BCUT2D eigenvalue weighted by molar-refractivity contribution is -0.125. The van der Waals surface area contributed by atoms with Crippen LogP contribution in [-0.4, -0.2) is 51.1 Å². The number of imidazole rings is 1. The van der Waals surface area contributed by atoms with E-state index in [1.165, 1.54) is 0 Å². The molecule has 3 aromatic rings. The van der Waals surface area contributed by atoms with Crippen molar-refractivity contribution in [2.75, 3.05) is 13.1 Å². The summed E-state index contributed by atoms with van der Waals surface area (Å²) in [6, 6.07) is 13.0. The molecule has 0 unspecified atom stereocenters. The van der Waals surface area contributed by atoms with Crippen LogP contribution in [0.25, 0.3) is 11.0 Å². The fraction of sp³-hybridized carbons (Fsp3) is 0.391. The van der Waals surface area contributed by atoms with Crippen molar-refractivity contribution in [2.24, 2.45) is 0 Å². The van der Waals surface area contributed by atoms with E-state index in [1.54, 1.807) is 6.07 Å². The minimum atomic E-state index is -0.536. The lowest BCUT2D eigenvalue weighted by Crippen LogP contribution is -2.47. The number of benzene rings is 2. The quantitative estimate of drug-likeness (QED) is 0.520. The Morgan fingerprint density at radius 1 is 1.26 bits per heavy atom. The zero-order valence-electron chi connectivity index (χ0n) is 17.5. The number of para-hydroxylation sites is 2. The van der Waals surface area contributed by atoms with Crippen LogP contribution in [0.2, 0.25) is 10.0 Å². The van der Waals surface area contributed by atoms with Crippen LogP contribution in [0.1, 0.15) is 31.7 Å². The summed E-state index contributed by atoms with van der Waals surface area (Å²) in [7, 11) is 0. The number of likely N-dealkylation sites (tertiary alicyclic amines) is 1. The molecule has 0 saturated carbocycles. The SMILES string of the molecule is CC(C)(CN1C[C@H](O)C[C@H]1C(=O)NCc1nc2ccccc2[nH]1)c1ccc(Cl)c(Cl)c1. The van der Waals surface area contributed by atoms with Crippen LogP contribution in [-0.2, 0) is 16.8 Å². The van der Waals surface area contributed by atoms with Gasteiger partial charge in [0.1, 0.15) is 5.82 Å². The molecule has 1 amide bonds. The smallest absolute Gasteiger partial charge is 0.237 e. The summed E-state index contributed by atoms with van der Waals surface area (Å²) in [5, 5.41) is 14.3. The first-order valence-electron chi connectivity index (χ1n) is 10.3. The van der Waals surface area contributed by atoms with Crippen molar-refractivity contribution in [1.82, 2.24) is 20.2 Å². The Balaban J connectivity index is 1.43. The maximum absolute atomic E-state index is 13.0. The van der Waals surface area contributed by atoms with E-state index in [-0.39, 0.29) is 11.3 Å². The van der Waals surface area contributed by atoms with Gasteiger partial charge in [-0.3, -0.25) is 9.69 Å². The minimum absolute atomic E-state index is 0.109. The summed E-state index contributed by atoms with van der Waals surface area (Å²) in [6.07, 6.45) is -0.129. The highest BCUT2D eigenvalue weighted by atomic mass is 35.5. The van der Waals surface area contributed by atoms with Crippen molar-refractivity contribution in [3.8, 4) is 0 Å². The van der Waals surface area contributed by atoms with Gasteiger partial charge in [0, 0.05) is 18.5 Å². The molecule has 1 saturated heterocycles. The molecular formula is C23H26Cl2N4O2. The standard InChI is InChI=1S/C23H26Cl2N4O2/c1-23(2,14-7-8-16(24)17(25)9-14)13-29-12-15(30)10-20(29)22(31)26-11-21-27-18-5-3-4-6-19(18)28-21/h3-9,15,20,30H,10-13H2,1-2H3,(H,26,31)(H,27,28)/t15-,20+/m1/s1. The van der Waals surface area contributed by atoms with Crippen molar-refractivity contribution in [3.05, 3.63) is 63.9 Å². The molecule has 2 aromatic carbocycles. The Labute approximate surface area is 191 Å². The van der Waals surface area contributed by atoms with Crippen molar-refractivity contribution in [3.63, 3.8) is 0 Å². The van der Waals surface area contributed by atoms with E-state index >= 15 is 0 Å². The monoisotopic (exact) mass is 460 g/mol. The van der Waals surface area contributed by atoms with Gasteiger partial charge in [0.2, 0.25) is 5.91 Å². The van der Waals surface area contributed by atoms with E-state index in [9.17, 15) is 9.90 Å². The van der Waals surface area contributed by atoms with Gasteiger partial charge in [-0.15, -0.1) is 0 Å². The number of carbonyl (C=O) groups excluding carboxylic acids is 1. The summed E-state index contributed by atoms with van der Waals surface area (Å²) in [5.41, 5.74) is 2.56. The molecule has 0 spiro atoms. The molecule has 1 aliphatic heterocycles. The molecule has 0 bridgehead atoms. The molecule has 1 aliphatic rings. The van der Waals surface area contributed by atoms with E-state index in [4.69, 9.17) is 23.2 Å². The number of nitrogens with one attached hydrogen (secondary N) is 2. The summed E-state index contributed by atoms with van der Waals surface area (Å²) >= 11 is 12.3. The number of aliphatic hydroxyl groups is 1. The normalized spacial score (nSPS) is 19.8. The third-order valence-electron chi connectivity index (χ3n) is 5.85. The number of H-pyrrole nitrogens is 1. The highest BCUT2D eigenvalue weighted by molar-refractivity contribution is 6.42. The second-order valence-corrected chi connectivity index (χ2v) is 9.58. The van der Waals surface area contributed by atoms with Crippen molar-refractivity contribution in [1.29, 1.82) is 0 Å². The van der Waals surface area contributed by atoms with Gasteiger partial charge in [0.25, 0.3) is 0 Å². The van der Waals surface area contributed by atoms with E-state index in [0.29, 0.717) is 41.9 Å². The Kier molecular flexibility index (Phi) is 6.26. The Hall–Kier alpha value is -2.12. The molecule has 2 heterocycles. The van der Waals surface area contributed by atoms with Gasteiger partial charge in [-0.25, -0.2) is 4.98 Å². The number of carbonyl (C=O) groups is 1. The molecule has 31 heavy (non-hydrogen) atoms. The number of fused-ring (bicyclic) bond motifs is 1. The van der Waals surface area contributed by atoms with Crippen LogP contribution in [0.5, 0.6) is 0 Å². The van der Waals surface area contributed by atoms with Crippen LogP contribution in [0.15, 0.2) is 42.5 Å². The summed E-state index contributed by atoms with van der Waals surface area (Å²) in [4.78, 5) is 22.7. The van der Waals surface area contributed by atoms with Gasteiger partial charge in [-0.05, 0) is 36.2 Å². The molecule has 4 rings (SSSR count). The predicted molar refractivity (Wildman–Crippen MR) is 123 cm³/mol. The molecule has 0 radical (unpaired) electrons. The van der Waals surface area contributed by atoms with Gasteiger partial charge in [0.05, 0.1) is 39.8 Å². The largest absolute Gasteiger partial charge is 0.392 e. The van der Waals surface area contributed by atoms with Gasteiger partial charge < -0.3 is 15.4 Å². The van der Waals surface area contributed by atoms with Crippen molar-refractivity contribution >= 4 is 40.1 Å². The third kappa shape index (κ3) is 4.88. The Bertz CT molecular complexity index is 1070. The van der Waals surface area contributed by atoms with Gasteiger partial charge in [-0.2, -0.15) is 0 Å². The highest BCUT2D eigenvalue weighted by Crippen LogP contribution is 2.32. The van der Waals surface area contributed by atoms with E-state index in [1.807, 2.05) is 41.3 Å². The zero-order valence-corrected chi connectivity index (χ0v) is 19.0. The van der Waals surface area contributed by atoms with Crippen LogP contribution in [0.3, 0.4) is 0 Å². The first-order chi connectivity index (χ1) is 14.7. The Morgan fingerprint density at radius 3 is 2.77 bits per heavy atom. The second kappa shape index (κ2) is 8.79. The number of hydrogen-bond acceptors (Lipinski definition) is 4. The van der Waals surface area contributed by atoms with Crippen LogP contribution >= 0.6 is 23.2 Å². The number of hydrogen-bond donors (Lipinski definition) is 3. The number of rotatable bonds is 6. The van der Waals surface area contributed by atoms with E-state index in [2.05, 4.69) is 29.1 Å². The number of aliphatic hydroxyl groups excluding tert-OH is 1. The maximum atomic E-state index is 13.0. The van der Waals surface area contributed by atoms with Gasteiger partial charge in [-0.1, -0.05) is 55.2 Å². The van der Waals surface area contributed by atoms with Crippen LogP contribution in [0, 0.1) is 0 Å². The molecule has 3 N–H and O–H groups in total. The molecule has 1 aromatic heterocycles. The molecule has 2 atom stereocenters. The molecular weight excluding hydrogens is 435 g/mol. The number of amides is 1. The molecule has 0 aliphatic carbocycles. The molecule has 6 nitrogen and oxygen atoms in total. The molecule has 164 valence electrons. The molecule has 8 heteroatoms. The Morgan fingerprint density at radius 2 is 2.03 bits per heavy atom. The average Bonchev–Trinajstić information content (AvgIpc) is 3.30. The summed E-state index contributed by atoms with van der Waals surface area (Å²) in [5.74, 6) is 0.595. The fourth-order valence-electron chi connectivity index (χ4n) is 4.22. The second-order valence-electron chi connectivity index (χ2n) is 8.77. The number of β-amino-alcohol motifs (C(OH)–C–C–N with tert-alkyl or cyclic N) is 1. The third-order valence-corrected chi connectivity index (χ3v) is 6.59. The first kappa shape index (κ1) is 22.1. The minimum Gasteiger partial charge on any atom is -0.392 e. The first-order valence-corrected chi connectivity index (χ1v) is 11.1. The summed E-state index contributed by atoms with van der Waals surface area (Å²) in [6.45, 7) is 5.56. The topological polar surface area (TPSA) is 81.2 Å². The van der Waals surface area contributed by atoms with Gasteiger partial charge >= 0.3 is 0 Å². The number of halogens is 2. The molecule has 1 fully saturated rings. The van der Waals surface area contributed by atoms with Crippen LogP contribution in [0.4, 0.5) is 0 Å². The number of aromatic nitrogens is 2. The lowest BCUT2D eigenvalue weighted by Gasteiger charge is -2.33. The lowest BCUT2D eigenvalue weighted by atomic mass is 9.84. The van der Waals surface area contributed by atoms with E-state index in [0.717, 1.165) is 16.6 Å². The van der Waals surface area contributed by atoms with Gasteiger partial charge in [0.15, 0.2) is 0 Å². The summed E-state index contributed by atoms with van der Waals surface area (Å²) < 4.78 is 0. The maximum Gasteiger partial charge on any atom is 0.237 e. The fourth-order valence-corrected chi connectivity index (χ4v) is 4.52. The predicted octanol–water partition coefficient (Wildman–Crippen LogP) is 3.90.